The summed E-state index contributed by atoms with van der Waals surface area (Å²) in [7, 11) is -19.6. The Kier molecular flexibility index (Phi) is 22.7. The van der Waals surface area contributed by atoms with Crippen LogP contribution in [0, 0.1) is 47.4 Å². The molecule has 16 atom stereocenters. The number of nitrogen functional groups attached to an aromatic ring is 3. The lowest BCUT2D eigenvalue weighted by molar-refractivity contribution is -0.0626. The van der Waals surface area contributed by atoms with Gasteiger partial charge in [-0.2, -0.15) is 9.97 Å². The SMILES string of the molecule is NCC#Cc1cn([C@H]2CC(OP(=O)(O)OC[C@H]3O[C@@H](n4cc(C#CCN)c5c(=O)[nH]c(N)nc54)CC3OP(=O)(O)OC[C@H]3O[C@@H](n4cc(C#CCN)c5c(N)ncnc54)CC3O[P+](=O)O)[C@@H](COP(=O)(O)OC3C[C@H](n4cc(C#CCN)c(=O)[nH]c4=O)O[C@@H]3CO)O2)c(=O)nc1N. The normalized spacial score (nSPS) is 25.8. The first-order chi connectivity index (χ1) is 46.2. The van der Waals surface area contributed by atoms with Crippen LogP contribution in [0.4, 0.5) is 17.6 Å². The van der Waals surface area contributed by atoms with Crippen molar-refractivity contribution in [2.45, 2.75) is 99.4 Å². The van der Waals surface area contributed by atoms with Crippen molar-refractivity contribution in [2.75, 3.05) is 69.8 Å². The van der Waals surface area contributed by atoms with Crippen molar-refractivity contribution in [3.05, 3.63) is 95.0 Å². The van der Waals surface area contributed by atoms with E-state index in [4.69, 9.17) is 90.7 Å². The molecule has 0 amide bonds. The Labute approximate surface area is 545 Å². The summed E-state index contributed by atoms with van der Waals surface area (Å²) in [4.78, 5) is 117. The van der Waals surface area contributed by atoms with Crippen molar-refractivity contribution in [2.24, 2.45) is 22.9 Å². The highest BCUT2D eigenvalue weighted by molar-refractivity contribution is 7.48. The Balaban J connectivity index is 0.894. The van der Waals surface area contributed by atoms with Gasteiger partial charge >= 0.3 is 43.1 Å². The lowest BCUT2D eigenvalue weighted by atomic mass is 10.2. The maximum Gasteiger partial charge on any atom is 0.695 e. The number of phosphoric acid groups is 3. The smallest absolute Gasteiger partial charge is 0.394 e. The van der Waals surface area contributed by atoms with E-state index in [1.165, 1.54) is 27.9 Å². The Hall–Kier alpha value is -7.77. The molecule has 4 aliphatic rings. The average Bonchev–Trinajstić information content (AvgIpc) is 1.66. The molecule has 0 aromatic carbocycles. The zero-order valence-electron chi connectivity index (χ0n) is 50.2. The van der Waals surface area contributed by atoms with Crippen molar-refractivity contribution in [3.63, 3.8) is 0 Å². The number of aliphatic hydroxyl groups is 1. The number of nitrogens with zero attached hydrogens (tertiary/aromatic N) is 8. The molecule has 0 spiro atoms. The van der Waals surface area contributed by atoms with E-state index in [9.17, 15) is 62.1 Å². The van der Waals surface area contributed by atoms with Crippen molar-refractivity contribution in [1.29, 1.82) is 0 Å². The van der Waals surface area contributed by atoms with Gasteiger partial charge in [-0.15, -0.1) is 9.42 Å². The number of hydrogen-bond donors (Lipinski definition) is 14. The molecule has 8 unspecified atom stereocenters. The number of H-pyrrole nitrogens is 2. The van der Waals surface area contributed by atoms with Crippen LogP contribution in [0.1, 0.15) is 72.8 Å². The van der Waals surface area contributed by atoms with Crippen LogP contribution in [0.15, 0.2) is 50.3 Å². The predicted molar refractivity (Wildman–Crippen MR) is 333 cm³/mol. The highest BCUT2D eigenvalue weighted by atomic mass is 31.2. The van der Waals surface area contributed by atoms with E-state index in [2.05, 4.69) is 77.3 Å². The fraction of sp³-hybridized carbons (Fsp3) is 0.462. The molecule has 518 valence electrons. The van der Waals surface area contributed by atoms with E-state index >= 15 is 0 Å². The van der Waals surface area contributed by atoms with Gasteiger partial charge in [0.05, 0.1) is 80.1 Å². The first-order valence-corrected chi connectivity index (χ1v) is 34.4. The molecule has 4 saturated heterocycles. The first-order valence-electron chi connectivity index (χ1n) is 28.8. The molecule has 0 radical (unpaired) electrons. The molecule has 6 aromatic heterocycles. The summed E-state index contributed by atoms with van der Waals surface area (Å²) in [6, 6.07) is 0. The number of aromatic nitrogens is 10. The third kappa shape index (κ3) is 16.9. The first kappa shape index (κ1) is 72.0. The highest BCUT2D eigenvalue weighted by Gasteiger charge is 2.50. The van der Waals surface area contributed by atoms with E-state index < -0.39 is 174 Å². The van der Waals surface area contributed by atoms with Crippen LogP contribution in [0.3, 0.4) is 0 Å². The van der Waals surface area contributed by atoms with E-state index in [1.54, 1.807) is 0 Å². The molecule has 41 nitrogen and oxygen atoms in total. The Morgan fingerprint density at radius 3 is 1.51 bits per heavy atom. The quantitative estimate of drug-likeness (QED) is 0.0233. The van der Waals surface area contributed by atoms with Crippen LogP contribution < -0.4 is 62.6 Å². The van der Waals surface area contributed by atoms with Gasteiger partial charge < -0.3 is 88.0 Å². The molecular formula is C52H62N17O24P4+. The summed E-state index contributed by atoms with van der Waals surface area (Å²) in [6.45, 7) is -4.20. The second-order valence-corrected chi connectivity index (χ2v) is 26.1. The number of hydrogen-bond acceptors (Lipinski definition) is 31. The van der Waals surface area contributed by atoms with Gasteiger partial charge in [0.25, 0.3) is 11.1 Å². The molecule has 4 fully saturated rings. The molecule has 0 saturated carbocycles. The lowest BCUT2D eigenvalue weighted by Gasteiger charge is -2.25. The minimum absolute atomic E-state index is 0.0100. The molecule has 10 rings (SSSR count). The fourth-order valence-electron chi connectivity index (χ4n) is 10.8. The molecule has 97 heavy (non-hydrogen) atoms. The van der Waals surface area contributed by atoms with Gasteiger partial charge in [-0.1, -0.05) is 47.4 Å². The maximum atomic E-state index is 14.3. The Bertz CT molecular complexity index is 4670. The second kappa shape index (κ2) is 30.6. The molecular weight excluding hydrogens is 1370 g/mol. The number of phosphoric ester groups is 3. The summed E-state index contributed by atoms with van der Waals surface area (Å²) in [5.41, 5.74) is 37.1. The summed E-state index contributed by atoms with van der Waals surface area (Å²) in [5.74, 6) is 20.6. The van der Waals surface area contributed by atoms with Gasteiger partial charge in [0, 0.05) is 55.0 Å². The van der Waals surface area contributed by atoms with Gasteiger partial charge in [0.15, 0.2) is 5.65 Å². The highest BCUT2D eigenvalue weighted by Crippen LogP contribution is 2.54. The van der Waals surface area contributed by atoms with Crippen LogP contribution in [-0.4, -0.2) is 174 Å². The van der Waals surface area contributed by atoms with Crippen LogP contribution in [-0.2, 0) is 68.9 Å². The number of aromatic amines is 2. The number of anilines is 3. The summed E-state index contributed by atoms with van der Waals surface area (Å²) < 4.78 is 122. The van der Waals surface area contributed by atoms with Crippen LogP contribution in [0.5, 0.6) is 0 Å². The topological polar surface area (TPSA) is 624 Å². The van der Waals surface area contributed by atoms with Crippen LogP contribution >= 0.6 is 31.7 Å². The third-order valence-electron chi connectivity index (χ3n) is 15.0. The Morgan fingerprint density at radius 2 is 0.979 bits per heavy atom. The molecule has 6 aromatic rings. The molecule has 45 heteroatoms. The van der Waals surface area contributed by atoms with Gasteiger partial charge in [-0.05, 0) is 0 Å². The summed E-state index contributed by atoms with van der Waals surface area (Å²) >= 11 is 0. The standard InChI is InChI=1S/C52H61N17O24P4/c53-9-1-5-26-17-66(46-42(26)45(58)60-25-61-46)38-13-30(90-94(75)76)35(87-38)22-83-96(79,80)92-32-15-39(67-18-27(6-2-10-54)43-47(67)63-50(59)64-49(43)72)88-36(32)23-85-97(81,82)93-33-16-41(68-19-28(7-3-11-55)44(57)62-51(68)73)89-37(33)24-84-95(77,78)91-31-14-40(86-34(31)21-70)69-20-29(8-4-12-56)48(71)65-52(69)74/h17-20,25,30-41,70H,9-16,21-24,53-56H2,(H11-,57,58,59,60,61,62,63,64,65,71,72,73,74,75,76,77,78,79,80,81,82)/p+1/t30?,31?,32?,33?,34-,35-,36-,37-,38-,39-,40-,41-/m1/s1. The average molecular weight is 1430 g/mol. The number of ether oxygens (including phenoxy) is 4. The van der Waals surface area contributed by atoms with E-state index in [1.807, 2.05) is 0 Å². The van der Waals surface area contributed by atoms with Crippen molar-refractivity contribution >= 4 is 71.4 Å². The minimum atomic E-state index is -5.56. The lowest BCUT2D eigenvalue weighted by Crippen LogP contribution is -2.33. The number of nitrogens with one attached hydrogen (secondary N) is 2. The number of rotatable bonds is 22. The number of nitrogens with two attached hydrogens (primary N) is 7. The number of aliphatic hydroxyl groups excluding tert-OH is 1. The van der Waals surface area contributed by atoms with Crippen molar-refractivity contribution < 1.29 is 93.6 Å². The zero-order valence-corrected chi connectivity index (χ0v) is 53.8. The van der Waals surface area contributed by atoms with Crippen molar-refractivity contribution in [3.8, 4) is 47.4 Å². The summed E-state index contributed by atoms with van der Waals surface area (Å²) in [5, 5.41) is 10.5. The molecule has 0 aliphatic carbocycles. The molecule has 4 aliphatic heterocycles. The van der Waals surface area contributed by atoms with Gasteiger partial charge in [-0.3, -0.25) is 55.8 Å². The van der Waals surface area contributed by atoms with Crippen LogP contribution in [0.25, 0.3) is 22.1 Å². The third-order valence-corrected chi connectivity index (χ3v) is 18.5. The van der Waals surface area contributed by atoms with Gasteiger partial charge in [0.2, 0.25) is 5.95 Å². The van der Waals surface area contributed by atoms with E-state index in [0.717, 1.165) is 21.5 Å². The zero-order chi connectivity index (χ0) is 69.7. The second-order valence-electron chi connectivity index (χ2n) is 21.2. The molecule has 0 bridgehead atoms. The largest absolute Gasteiger partial charge is 0.695 e. The monoisotopic (exact) mass is 1430 g/mol. The predicted octanol–water partition coefficient (Wildman–Crippen LogP) is -3.35. The molecule has 21 N–H and O–H groups in total. The summed E-state index contributed by atoms with van der Waals surface area (Å²) in [6.07, 6.45) is -13.0. The minimum Gasteiger partial charge on any atom is -0.394 e. The maximum absolute atomic E-state index is 14.3. The fourth-order valence-corrected chi connectivity index (χ4v) is 14.2. The van der Waals surface area contributed by atoms with Gasteiger partial charge in [0.1, 0.15) is 103 Å². The van der Waals surface area contributed by atoms with E-state index in [-0.39, 0.29) is 83.6 Å². The van der Waals surface area contributed by atoms with Gasteiger partial charge in [-0.25, -0.2) is 33.3 Å². The number of fused-ring (bicyclic) bond motifs is 2. The van der Waals surface area contributed by atoms with Crippen LogP contribution in [0.2, 0.25) is 0 Å². The van der Waals surface area contributed by atoms with E-state index in [0.29, 0.717) is 10.9 Å². The molecule has 10 heterocycles. The van der Waals surface area contributed by atoms with Crippen molar-refractivity contribution in [1.82, 2.24) is 48.2 Å². The Morgan fingerprint density at radius 1 is 0.546 bits per heavy atom.